The first-order valence-electron chi connectivity index (χ1n) is 10.8. The molecular weight excluding hydrogens is 430 g/mol. The summed E-state index contributed by atoms with van der Waals surface area (Å²) >= 11 is 0. The van der Waals surface area contributed by atoms with E-state index in [2.05, 4.69) is 15.3 Å². The zero-order valence-electron chi connectivity index (χ0n) is 18.4. The molecule has 7 nitrogen and oxygen atoms in total. The van der Waals surface area contributed by atoms with Gasteiger partial charge in [-0.15, -0.1) is 0 Å². The van der Waals surface area contributed by atoms with E-state index in [1.165, 1.54) is 6.07 Å². The smallest absolute Gasteiger partial charge is 0.255 e. The zero-order chi connectivity index (χ0) is 23.2. The summed E-state index contributed by atoms with van der Waals surface area (Å²) in [6.07, 6.45) is 3.85. The molecule has 9 heteroatoms. The molecule has 2 heterocycles. The Labute approximate surface area is 190 Å². The van der Waals surface area contributed by atoms with Crippen LogP contribution in [0, 0.1) is 11.6 Å². The maximum atomic E-state index is 13.5. The molecule has 1 saturated heterocycles. The van der Waals surface area contributed by atoms with Gasteiger partial charge in [0.2, 0.25) is 0 Å². The summed E-state index contributed by atoms with van der Waals surface area (Å²) in [5, 5.41) is 6.96. The van der Waals surface area contributed by atoms with Crippen LogP contribution in [0.2, 0.25) is 0 Å². The molecule has 0 radical (unpaired) electrons. The van der Waals surface area contributed by atoms with Crippen molar-refractivity contribution in [1.29, 1.82) is 0 Å². The predicted molar refractivity (Wildman–Crippen MR) is 120 cm³/mol. The van der Waals surface area contributed by atoms with Crippen LogP contribution in [0.5, 0.6) is 5.75 Å². The number of hydrogen-bond acceptors (Lipinski definition) is 5. The van der Waals surface area contributed by atoms with Gasteiger partial charge in [-0.2, -0.15) is 5.10 Å². The minimum Gasteiger partial charge on any atom is -0.492 e. The third-order valence-corrected chi connectivity index (χ3v) is 5.47. The summed E-state index contributed by atoms with van der Waals surface area (Å²) in [6, 6.07) is 10.2. The number of nitrogens with one attached hydrogen (secondary N) is 1. The van der Waals surface area contributed by atoms with Crippen molar-refractivity contribution in [1.82, 2.24) is 14.7 Å². The van der Waals surface area contributed by atoms with Crippen molar-refractivity contribution in [3.8, 4) is 17.0 Å². The molecule has 0 aliphatic carbocycles. The number of carbonyl (C=O) groups is 1. The van der Waals surface area contributed by atoms with Crippen LogP contribution in [0.25, 0.3) is 11.3 Å². The fraction of sp³-hybridized carbons (Fsp3) is 0.333. The second kappa shape index (κ2) is 10.5. The van der Waals surface area contributed by atoms with Crippen molar-refractivity contribution >= 4 is 11.6 Å². The largest absolute Gasteiger partial charge is 0.492 e. The van der Waals surface area contributed by atoms with Crippen molar-refractivity contribution in [2.24, 2.45) is 7.05 Å². The average Bonchev–Trinajstić information content (AvgIpc) is 3.06. The number of amides is 1. The lowest BCUT2D eigenvalue weighted by Crippen LogP contribution is -2.30. The van der Waals surface area contributed by atoms with Crippen molar-refractivity contribution in [2.45, 2.75) is 12.8 Å². The maximum absolute atomic E-state index is 13.5. The number of nitrogens with zero attached hydrogens (tertiary/aromatic N) is 3. The lowest BCUT2D eigenvalue weighted by Gasteiger charge is -2.20. The quantitative estimate of drug-likeness (QED) is 0.581. The van der Waals surface area contributed by atoms with E-state index in [1.54, 1.807) is 29.1 Å². The Morgan fingerprint density at radius 1 is 1.15 bits per heavy atom. The number of benzene rings is 2. The van der Waals surface area contributed by atoms with E-state index in [1.807, 2.05) is 13.1 Å². The SMILES string of the molecule is Cn1nccc1-c1cc(NC(=O)c2ccc(F)c(F)c2)ccc1OCCN1CCCCOC1. The monoisotopic (exact) mass is 456 g/mol. The molecular formula is C24H26F2N4O3. The molecule has 33 heavy (non-hydrogen) atoms. The highest BCUT2D eigenvalue weighted by Gasteiger charge is 2.15. The average molecular weight is 456 g/mol. The maximum Gasteiger partial charge on any atom is 0.255 e. The van der Waals surface area contributed by atoms with Crippen molar-refractivity contribution < 1.29 is 23.0 Å². The highest BCUT2D eigenvalue weighted by Crippen LogP contribution is 2.32. The van der Waals surface area contributed by atoms with E-state index in [-0.39, 0.29) is 5.56 Å². The van der Waals surface area contributed by atoms with Gasteiger partial charge in [-0.05, 0) is 55.3 Å². The van der Waals surface area contributed by atoms with E-state index < -0.39 is 17.5 Å². The first kappa shape index (κ1) is 22.9. The number of carbonyl (C=O) groups excluding carboxylic acids is 1. The van der Waals surface area contributed by atoms with Crippen LogP contribution in [0.15, 0.2) is 48.7 Å². The Balaban J connectivity index is 1.50. The summed E-state index contributed by atoms with van der Waals surface area (Å²) in [5.74, 6) is -1.96. The highest BCUT2D eigenvalue weighted by molar-refractivity contribution is 6.04. The molecule has 0 bridgehead atoms. The minimum absolute atomic E-state index is 0.0241. The fourth-order valence-corrected chi connectivity index (χ4v) is 3.67. The molecule has 4 rings (SSSR count). The number of hydrogen-bond donors (Lipinski definition) is 1. The third kappa shape index (κ3) is 5.74. The Morgan fingerprint density at radius 2 is 2.03 bits per heavy atom. The topological polar surface area (TPSA) is 68.6 Å². The number of ether oxygens (including phenoxy) is 2. The molecule has 0 saturated carbocycles. The van der Waals surface area contributed by atoms with Crippen molar-refractivity contribution in [3.63, 3.8) is 0 Å². The summed E-state index contributed by atoms with van der Waals surface area (Å²) in [6.45, 7) is 3.59. The van der Waals surface area contributed by atoms with Crippen LogP contribution >= 0.6 is 0 Å². The van der Waals surface area contributed by atoms with Crippen LogP contribution in [-0.2, 0) is 11.8 Å². The Bertz CT molecular complexity index is 1110. The summed E-state index contributed by atoms with van der Waals surface area (Å²) in [4.78, 5) is 14.8. The summed E-state index contributed by atoms with van der Waals surface area (Å²) in [5.41, 5.74) is 2.09. The number of aromatic nitrogens is 2. The first-order valence-corrected chi connectivity index (χ1v) is 10.8. The second-order valence-corrected chi connectivity index (χ2v) is 7.84. The molecule has 3 aromatic rings. The van der Waals surface area contributed by atoms with Gasteiger partial charge in [0, 0.05) is 49.8 Å². The predicted octanol–water partition coefficient (Wildman–Crippen LogP) is 4.07. The van der Waals surface area contributed by atoms with Gasteiger partial charge in [-0.1, -0.05) is 0 Å². The molecule has 174 valence electrons. The van der Waals surface area contributed by atoms with Gasteiger partial charge in [-0.3, -0.25) is 14.4 Å². The molecule has 1 fully saturated rings. The van der Waals surface area contributed by atoms with Gasteiger partial charge in [0.15, 0.2) is 11.6 Å². The normalized spacial score (nSPS) is 14.6. The molecule has 1 aliphatic heterocycles. The standard InChI is InChI=1S/C24H26F2N4O3/c1-29-22(8-9-27-29)19-15-18(28-24(31)17-4-6-20(25)21(26)14-17)5-7-23(19)33-13-11-30-10-2-3-12-32-16-30/h4-9,14-15H,2-3,10-13,16H2,1H3,(H,28,31). The number of aryl methyl sites for hydroxylation is 1. The lowest BCUT2D eigenvalue weighted by atomic mass is 10.1. The zero-order valence-corrected chi connectivity index (χ0v) is 18.4. The number of anilines is 1. The number of halogens is 2. The lowest BCUT2D eigenvalue weighted by molar-refractivity contribution is 0.0428. The highest BCUT2D eigenvalue weighted by atomic mass is 19.2. The van der Waals surface area contributed by atoms with Gasteiger partial charge < -0.3 is 14.8 Å². The van der Waals surface area contributed by atoms with E-state index >= 15 is 0 Å². The van der Waals surface area contributed by atoms with Gasteiger partial charge in [0.25, 0.3) is 5.91 Å². The second-order valence-electron chi connectivity index (χ2n) is 7.84. The van der Waals surface area contributed by atoms with E-state index in [0.29, 0.717) is 24.8 Å². The number of rotatable bonds is 7. The van der Waals surface area contributed by atoms with E-state index in [4.69, 9.17) is 9.47 Å². The van der Waals surface area contributed by atoms with E-state index in [0.717, 1.165) is 55.9 Å². The van der Waals surface area contributed by atoms with E-state index in [9.17, 15) is 13.6 Å². The fourth-order valence-electron chi connectivity index (χ4n) is 3.67. The Kier molecular flexibility index (Phi) is 7.31. The van der Waals surface area contributed by atoms with Crippen LogP contribution < -0.4 is 10.1 Å². The molecule has 0 unspecified atom stereocenters. The third-order valence-electron chi connectivity index (χ3n) is 5.47. The molecule has 0 spiro atoms. The molecule has 1 amide bonds. The Hall–Kier alpha value is -3.30. The Morgan fingerprint density at radius 3 is 2.82 bits per heavy atom. The van der Waals surface area contributed by atoms with Crippen molar-refractivity contribution in [3.05, 3.63) is 65.9 Å². The molecule has 1 aliphatic rings. The van der Waals surface area contributed by atoms with Crippen LogP contribution in [-0.4, -0.2) is 53.6 Å². The van der Waals surface area contributed by atoms with Gasteiger partial charge in [0.1, 0.15) is 12.4 Å². The minimum atomic E-state index is -1.07. The molecule has 2 aromatic carbocycles. The molecule has 0 atom stereocenters. The van der Waals surface area contributed by atoms with Gasteiger partial charge in [-0.25, -0.2) is 8.78 Å². The van der Waals surface area contributed by atoms with Gasteiger partial charge >= 0.3 is 0 Å². The molecule has 1 aromatic heterocycles. The van der Waals surface area contributed by atoms with Crippen LogP contribution in [0.1, 0.15) is 23.2 Å². The van der Waals surface area contributed by atoms with Crippen LogP contribution in [0.3, 0.4) is 0 Å². The summed E-state index contributed by atoms with van der Waals surface area (Å²) in [7, 11) is 1.82. The molecule has 1 N–H and O–H groups in total. The van der Waals surface area contributed by atoms with Gasteiger partial charge in [0.05, 0.1) is 12.4 Å². The first-order chi connectivity index (χ1) is 16.0. The van der Waals surface area contributed by atoms with Crippen LogP contribution in [0.4, 0.5) is 14.5 Å². The summed E-state index contributed by atoms with van der Waals surface area (Å²) < 4.78 is 40.1. The van der Waals surface area contributed by atoms with Crippen molar-refractivity contribution in [2.75, 3.05) is 38.4 Å².